The highest BCUT2D eigenvalue weighted by atomic mass is 16.6. The van der Waals surface area contributed by atoms with Gasteiger partial charge in [0.05, 0.1) is 25.3 Å². The number of hydrogen-bond acceptors (Lipinski definition) is 7. The monoisotopic (exact) mass is 281 g/mol. The smallest absolute Gasteiger partial charge is 0.181 e. The summed E-state index contributed by atoms with van der Waals surface area (Å²) in [4.78, 5) is 4.19. The van der Waals surface area contributed by atoms with Crippen molar-refractivity contribution >= 4 is 11.0 Å². The molecule has 0 bridgehead atoms. The number of fused-ring (bicyclic) bond motifs is 1. The first-order chi connectivity index (χ1) is 9.67. The molecule has 8 nitrogen and oxygen atoms in total. The highest BCUT2D eigenvalue weighted by molar-refractivity contribution is 5.81. The van der Waals surface area contributed by atoms with Crippen molar-refractivity contribution in [2.75, 3.05) is 13.7 Å². The van der Waals surface area contributed by atoms with Gasteiger partial charge in [0, 0.05) is 6.20 Å². The lowest BCUT2D eigenvalue weighted by molar-refractivity contribution is -0.0566. The van der Waals surface area contributed by atoms with Gasteiger partial charge in [0.25, 0.3) is 0 Å². The Bertz CT molecular complexity index is 616. The molecule has 2 aromatic heterocycles. The zero-order valence-corrected chi connectivity index (χ0v) is 10.7. The average molecular weight is 281 g/mol. The summed E-state index contributed by atoms with van der Waals surface area (Å²) in [5.41, 5.74) is 0.471. The average Bonchev–Trinajstić information content (AvgIpc) is 3.01. The third kappa shape index (κ3) is 1.85. The van der Waals surface area contributed by atoms with Crippen molar-refractivity contribution in [2.24, 2.45) is 0 Å². The zero-order valence-electron chi connectivity index (χ0n) is 10.7. The normalized spacial score (nSPS) is 30.0. The lowest BCUT2D eigenvalue weighted by Crippen LogP contribution is -2.33. The molecule has 108 valence electrons. The molecule has 0 unspecified atom stereocenters. The van der Waals surface area contributed by atoms with Gasteiger partial charge in [-0.2, -0.15) is 5.10 Å². The molecule has 0 spiro atoms. The summed E-state index contributed by atoms with van der Waals surface area (Å²) in [6.45, 7) is -0.384. The van der Waals surface area contributed by atoms with Crippen molar-refractivity contribution in [1.29, 1.82) is 0 Å². The molecular formula is C12H15N3O5. The van der Waals surface area contributed by atoms with Crippen LogP contribution in [0.3, 0.4) is 0 Å². The molecule has 2 aromatic rings. The topological polar surface area (TPSA) is 110 Å². The number of aliphatic hydroxyl groups is 3. The summed E-state index contributed by atoms with van der Waals surface area (Å²) in [5.74, 6) is 0.605. The van der Waals surface area contributed by atoms with Gasteiger partial charge in [-0.15, -0.1) is 0 Å². The summed E-state index contributed by atoms with van der Waals surface area (Å²) < 4.78 is 12.0. The third-order valence-electron chi connectivity index (χ3n) is 3.44. The Morgan fingerprint density at radius 3 is 2.85 bits per heavy atom. The molecule has 0 aliphatic carbocycles. The van der Waals surface area contributed by atoms with Gasteiger partial charge >= 0.3 is 0 Å². The van der Waals surface area contributed by atoms with E-state index in [1.54, 1.807) is 25.6 Å². The number of hydrogen-bond donors (Lipinski definition) is 3. The van der Waals surface area contributed by atoms with Crippen LogP contribution in [0.25, 0.3) is 11.0 Å². The Morgan fingerprint density at radius 2 is 2.20 bits per heavy atom. The van der Waals surface area contributed by atoms with E-state index in [1.807, 2.05) is 0 Å². The van der Waals surface area contributed by atoms with Crippen molar-refractivity contribution in [2.45, 2.75) is 24.5 Å². The Balaban J connectivity index is 2.03. The molecule has 8 heteroatoms. The van der Waals surface area contributed by atoms with Crippen LogP contribution in [0.4, 0.5) is 0 Å². The van der Waals surface area contributed by atoms with Crippen molar-refractivity contribution in [1.82, 2.24) is 14.8 Å². The van der Waals surface area contributed by atoms with E-state index in [-0.39, 0.29) is 6.61 Å². The molecular weight excluding hydrogens is 266 g/mol. The molecule has 3 N–H and O–H groups in total. The highest BCUT2D eigenvalue weighted by Gasteiger charge is 2.44. The third-order valence-corrected chi connectivity index (χ3v) is 3.44. The van der Waals surface area contributed by atoms with E-state index in [0.29, 0.717) is 16.8 Å². The van der Waals surface area contributed by atoms with Crippen LogP contribution in [0, 0.1) is 0 Å². The molecule has 0 aromatic carbocycles. The Hall–Kier alpha value is -1.74. The van der Waals surface area contributed by atoms with E-state index < -0.39 is 24.5 Å². The largest absolute Gasteiger partial charge is 0.496 e. The van der Waals surface area contributed by atoms with E-state index in [0.717, 1.165) is 0 Å². The van der Waals surface area contributed by atoms with Gasteiger partial charge in [0.15, 0.2) is 11.9 Å². The molecule has 1 aliphatic rings. The Labute approximate surface area is 114 Å². The standard InChI is InChI=1S/C12H15N3O5/c1-19-7-2-3-13-11-6(7)4-14-15(11)12-10(18)9(17)8(5-16)20-12/h2-4,8-10,12,16-18H,5H2,1H3/t8-,9-,10-,12-/m1/s1. The van der Waals surface area contributed by atoms with Crippen LogP contribution in [-0.2, 0) is 4.74 Å². The van der Waals surface area contributed by atoms with Crippen molar-refractivity contribution < 1.29 is 24.8 Å². The van der Waals surface area contributed by atoms with Crippen LogP contribution < -0.4 is 4.74 Å². The number of rotatable bonds is 3. The van der Waals surface area contributed by atoms with Gasteiger partial charge in [-0.1, -0.05) is 0 Å². The van der Waals surface area contributed by atoms with Gasteiger partial charge in [-0.05, 0) is 6.07 Å². The van der Waals surface area contributed by atoms with Gasteiger partial charge in [0.1, 0.15) is 24.1 Å². The minimum absolute atomic E-state index is 0.384. The fourth-order valence-corrected chi connectivity index (χ4v) is 2.37. The Kier molecular flexibility index (Phi) is 3.30. The molecule has 0 radical (unpaired) electrons. The van der Waals surface area contributed by atoms with Gasteiger partial charge < -0.3 is 24.8 Å². The summed E-state index contributed by atoms with van der Waals surface area (Å²) in [6.07, 6.45) is -1.01. The zero-order chi connectivity index (χ0) is 14.3. The number of aliphatic hydroxyl groups excluding tert-OH is 3. The predicted octanol–water partition coefficient (Wildman–Crippen LogP) is -0.949. The quantitative estimate of drug-likeness (QED) is 0.665. The number of pyridine rings is 1. The second-order valence-corrected chi connectivity index (χ2v) is 4.57. The molecule has 4 atom stereocenters. The van der Waals surface area contributed by atoms with Crippen LogP contribution in [-0.4, -0.2) is 62.1 Å². The van der Waals surface area contributed by atoms with E-state index >= 15 is 0 Å². The molecule has 20 heavy (non-hydrogen) atoms. The first-order valence-corrected chi connectivity index (χ1v) is 6.16. The van der Waals surface area contributed by atoms with Crippen molar-refractivity contribution in [3.8, 4) is 5.75 Å². The molecule has 3 heterocycles. The lowest BCUT2D eigenvalue weighted by Gasteiger charge is -2.15. The van der Waals surface area contributed by atoms with Gasteiger partial charge in [-0.3, -0.25) is 0 Å². The number of aromatic nitrogens is 3. The fourth-order valence-electron chi connectivity index (χ4n) is 2.37. The SMILES string of the molecule is COc1ccnc2c1cnn2[C@@H]1O[C@H](CO)[C@@H](O)[C@H]1O. The maximum absolute atomic E-state index is 10.0. The summed E-state index contributed by atoms with van der Waals surface area (Å²) >= 11 is 0. The van der Waals surface area contributed by atoms with Crippen LogP contribution in [0.1, 0.15) is 6.23 Å². The van der Waals surface area contributed by atoms with E-state index in [2.05, 4.69) is 10.1 Å². The second-order valence-electron chi connectivity index (χ2n) is 4.57. The number of methoxy groups -OCH3 is 1. The summed E-state index contributed by atoms with van der Waals surface area (Å²) in [6, 6.07) is 1.70. The predicted molar refractivity (Wildman–Crippen MR) is 67.1 cm³/mol. The summed E-state index contributed by atoms with van der Waals surface area (Å²) in [5, 5.41) is 33.7. The molecule has 0 amide bonds. The fraction of sp³-hybridized carbons (Fsp3) is 0.500. The van der Waals surface area contributed by atoms with Crippen LogP contribution in [0.15, 0.2) is 18.5 Å². The van der Waals surface area contributed by atoms with E-state index in [1.165, 1.54) is 4.68 Å². The molecule has 3 rings (SSSR count). The number of ether oxygens (including phenoxy) is 2. The first kappa shape index (κ1) is 13.3. The minimum Gasteiger partial charge on any atom is -0.496 e. The molecule has 1 aliphatic heterocycles. The summed E-state index contributed by atoms with van der Waals surface area (Å²) in [7, 11) is 1.54. The molecule has 1 saturated heterocycles. The van der Waals surface area contributed by atoms with Gasteiger partial charge in [0.2, 0.25) is 0 Å². The molecule has 1 fully saturated rings. The molecule has 0 saturated carbocycles. The lowest BCUT2D eigenvalue weighted by atomic mass is 10.1. The maximum Gasteiger partial charge on any atom is 0.181 e. The van der Waals surface area contributed by atoms with Crippen LogP contribution in [0.5, 0.6) is 5.75 Å². The van der Waals surface area contributed by atoms with Crippen molar-refractivity contribution in [3.05, 3.63) is 18.5 Å². The van der Waals surface area contributed by atoms with Crippen LogP contribution in [0.2, 0.25) is 0 Å². The second kappa shape index (κ2) is 4.98. The maximum atomic E-state index is 10.0. The highest BCUT2D eigenvalue weighted by Crippen LogP contribution is 2.32. The van der Waals surface area contributed by atoms with Crippen LogP contribution >= 0.6 is 0 Å². The number of nitrogens with zero attached hydrogens (tertiary/aromatic N) is 3. The van der Waals surface area contributed by atoms with Crippen molar-refractivity contribution in [3.63, 3.8) is 0 Å². The minimum atomic E-state index is -1.19. The van der Waals surface area contributed by atoms with E-state index in [9.17, 15) is 10.2 Å². The Morgan fingerprint density at radius 1 is 1.40 bits per heavy atom. The van der Waals surface area contributed by atoms with Gasteiger partial charge in [-0.25, -0.2) is 9.67 Å². The van der Waals surface area contributed by atoms with E-state index in [4.69, 9.17) is 14.6 Å². The first-order valence-electron chi connectivity index (χ1n) is 6.16.